The van der Waals surface area contributed by atoms with Gasteiger partial charge < -0.3 is 4.57 Å². The maximum absolute atomic E-state index is 4.38. The molecule has 0 aliphatic rings. The standard InChI is InChI=1S/C9H12N4S/c1-4-13-5-10-12-9(13)8-6(2)11-7(3)14-8/h5H,4H2,1-3H3. The minimum atomic E-state index is 0.888. The summed E-state index contributed by atoms with van der Waals surface area (Å²) < 4.78 is 2.03. The molecule has 2 heterocycles. The Bertz CT molecular complexity index is 443. The van der Waals surface area contributed by atoms with Crippen LogP contribution in [0.25, 0.3) is 10.7 Å². The Labute approximate surface area is 86.6 Å². The number of thiazole rings is 1. The summed E-state index contributed by atoms with van der Waals surface area (Å²) in [5.74, 6) is 0.926. The van der Waals surface area contributed by atoms with E-state index in [-0.39, 0.29) is 0 Å². The normalized spacial score (nSPS) is 10.8. The van der Waals surface area contributed by atoms with Crippen molar-refractivity contribution in [2.24, 2.45) is 0 Å². The largest absolute Gasteiger partial charge is 0.313 e. The Morgan fingerprint density at radius 1 is 1.43 bits per heavy atom. The van der Waals surface area contributed by atoms with E-state index in [1.807, 2.05) is 18.4 Å². The summed E-state index contributed by atoms with van der Waals surface area (Å²) in [6.07, 6.45) is 1.75. The van der Waals surface area contributed by atoms with E-state index in [1.54, 1.807) is 17.7 Å². The second-order valence-corrected chi connectivity index (χ2v) is 4.29. The maximum Gasteiger partial charge on any atom is 0.175 e. The highest BCUT2D eigenvalue weighted by Gasteiger charge is 2.12. The zero-order chi connectivity index (χ0) is 10.1. The lowest BCUT2D eigenvalue weighted by Crippen LogP contribution is -1.95. The van der Waals surface area contributed by atoms with E-state index < -0.39 is 0 Å². The van der Waals surface area contributed by atoms with Gasteiger partial charge in [-0.3, -0.25) is 0 Å². The monoisotopic (exact) mass is 208 g/mol. The van der Waals surface area contributed by atoms with E-state index in [0.717, 1.165) is 27.9 Å². The van der Waals surface area contributed by atoms with Gasteiger partial charge in [0.1, 0.15) is 6.33 Å². The van der Waals surface area contributed by atoms with Crippen molar-refractivity contribution in [3.8, 4) is 10.7 Å². The van der Waals surface area contributed by atoms with Gasteiger partial charge in [-0.1, -0.05) is 0 Å². The maximum atomic E-state index is 4.38. The second-order valence-electron chi connectivity index (χ2n) is 3.09. The van der Waals surface area contributed by atoms with Crippen molar-refractivity contribution in [1.29, 1.82) is 0 Å². The van der Waals surface area contributed by atoms with Crippen molar-refractivity contribution < 1.29 is 0 Å². The highest BCUT2D eigenvalue weighted by molar-refractivity contribution is 7.15. The van der Waals surface area contributed by atoms with E-state index in [0.29, 0.717) is 0 Å². The average molecular weight is 208 g/mol. The zero-order valence-corrected chi connectivity index (χ0v) is 9.30. The average Bonchev–Trinajstić information content (AvgIpc) is 2.71. The molecule has 0 amide bonds. The van der Waals surface area contributed by atoms with E-state index in [1.165, 1.54) is 0 Å². The van der Waals surface area contributed by atoms with Crippen molar-refractivity contribution >= 4 is 11.3 Å². The molecule has 0 saturated carbocycles. The van der Waals surface area contributed by atoms with Gasteiger partial charge in [-0.2, -0.15) is 0 Å². The highest BCUT2D eigenvalue weighted by atomic mass is 32.1. The molecule has 2 aromatic heterocycles. The Kier molecular flexibility index (Phi) is 2.33. The molecule has 0 radical (unpaired) electrons. The number of nitrogens with zero attached hydrogens (tertiary/aromatic N) is 4. The molecular formula is C9H12N4S. The highest BCUT2D eigenvalue weighted by Crippen LogP contribution is 2.27. The first-order valence-corrected chi connectivity index (χ1v) is 5.36. The predicted octanol–water partition coefficient (Wildman–Crippen LogP) is 2.04. The molecule has 4 nitrogen and oxygen atoms in total. The third kappa shape index (κ3) is 1.43. The molecule has 0 aliphatic carbocycles. The molecule has 0 unspecified atom stereocenters. The molecule has 0 fully saturated rings. The molecule has 74 valence electrons. The van der Waals surface area contributed by atoms with Crippen molar-refractivity contribution in [3.05, 3.63) is 17.0 Å². The summed E-state index contributed by atoms with van der Waals surface area (Å²) >= 11 is 1.67. The number of rotatable bonds is 2. The Hall–Kier alpha value is -1.23. The van der Waals surface area contributed by atoms with Crippen molar-refractivity contribution in [3.63, 3.8) is 0 Å². The summed E-state index contributed by atoms with van der Waals surface area (Å²) in [6.45, 7) is 6.98. The van der Waals surface area contributed by atoms with Gasteiger partial charge in [0.15, 0.2) is 5.82 Å². The molecule has 0 saturated heterocycles. The fourth-order valence-corrected chi connectivity index (χ4v) is 2.32. The van der Waals surface area contributed by atoms with E-state index >= 15 is 0 Å². The molecule has 0 atom stereocenters. The fraction of sp³-hybridized carbons (Fsp3) is 0.444. The Morgan fingerprint density at radius 3 is 2.79 bits per heavy atom. The summed E-state index contributed by atoms with van der Waals surface area (Å²) in [7, 11) is 0. The van der Waals surface area contributed by atoms with Crippen LogP contribution < -0.4 is 0 Å². The first-order chi connectivity index (χ1) is 6.72. The number of hydrogen-bond donors (Lipinski definition) is 0. The molecule has 2 aromatic rings. The summed E-state index contributed by atoms with van der Waals surface area (Å²) in [5, 5.41) is 9.10. The van der Waals surface area contributed by atoms with Crippen LogP contribution >= 0.6 is 11.3 Å². The van der Waals surface area contributed by atoms with Gasteiger partial charge in [0.2, 0.25) is 0 Å². The minimum absolute atomic E-state index is 0.888. The predicted molar refractivity (Wildman–Crippen MR) is 56.3 cm³/mol. The molecule has 14 heavy (non-hydrogen) atoms. The first kappa shape index (κ1) is 9.33. The van der Waals surface area contributed by atoms with Gasteiger partial charge in [-0.25, -0.2) is 4.98 Å². The molecule has 0 N–H and O–H groups in total. The zero-order valence-electron chi connectivity index (χ0n) is 8.48. The SMILES string of the molecule is CCn1cnnc1-c1sc(C)nc1C. The molecule has 2 rings (SSSR count). The lowest BCUT2D eigenvalue weighted by atomic mass is 10.4. The van der Waals surface area contributed by atoms with Gasteiger partial charge in [-0.15, -0.1) is 21.5 Å². The van der Waals surface area contributed by atoms with Crippen LogP contribution in [0.4, 0.5) is 0 Å². The van der Waals surface area contributed by atoms with Gasteiger partial charge in [0.25, 0.3) is 0 Å². The fourth-order valence-electron chi connectivity index (χ4n) is 1.40. The van der Waals surface area contributed by atoms with Crippen molar-refractivity contribution in [1.82, 2.24) is 19.7 Å². The van der Waals surface area contributed by atoms with Gasteiger partial charge in [-0.05, 0) is 20.8 Å². The number of aryl methyl sites for hydroxylation is 3. The minimum Gasteiger partial charge on any atom is -0.313 e. The first-order valence-electron chi connectivity index (χ1n) is 4.54. The lowest BCUT2D eigenvalue weighted by Gasteiger charge is -1.99. The van der Waals surface area contributed by atoms with Crippen LogP contribution in [0.5, 0.6) is 0 Å². The summed E-state index contributed by atoms with van der Waals surface area (Å²) in [4.78, 5) is 5.51. The van der Waals surface area contributed by atoms with Crippen LogP contribution in [0.2, 0.25) is 0 Å². The summed E-state index contributed by atoms with van der Waals surface area (Å²) in [6, 6.07) is 0. The van der Waals surface area contributed by atoms with Crippen molar-refractivity contribution in [2.45, 2.75) is 27.3 Å². The van der Waals surface area contributed by atoms with Gasteiger partial charge >= 0.3 is 0 Å². The van der Waals surface area contributed by atoms with Crippen LogP contribution in [0.15, 0.2) is 6.33 Å². The second kappa shape index (κ2) is 3.49. The third-order valence-electron chi connectivity index (χ3n) is 2.06. The van der Waals surface area contributed by atoms with E-state index in [2.05, 4.69) is 22.1 Å². The summed E-state index contributed by atoms with van der Waals surface area (Å²) in [5.41, 5.74) is 1.04. The van der Waals surface area contributed by atoms with Crippen LogP contribution in [0.3, 0.4) is 0 Å². The topological polar surface area (TPSA) is 43.6 Å². The van der Waals surface area contributed by atoms with Crippen LogP contribution in [0, 0.1) is 13.8 Å². The van der Waals surface area contributed by atoms with Crippen LogP contribution in [-0.4, -0.2) is 19.7 Å². The molecular weight excluding hydrogens is 196 g/mol. The Balaban J connectivity index is 2.53. The molecule has 5 heteroatoms. The number of aromatic nitrogens is 4. The lowest BCUT2D eigenvalue weighted by molar-refractivity contribution is 0.767. The molecule has 0 bridgehead atoms. The van der Waals surface area contributed by atoms with Crippen LogP contribution in [0.1, 0.15) is 17.6 Å². The quantitative estimate of drug-likeness (QED) is 0.758. The Morgan fingerprint density at radius 2 is 2.21 bits per heavy atom. The molecule has 0 spiro atoms. The molecule has 0 aromatic carbocycles. The number of hydrogen-bond acceptors (Lipinski definition) is 4. The van der Waals surface area contributed by atoms with E-state index in [9.17, 15) is 0 Å². The van der Waals surface area contributed by atoms with Crippen LogP contribution in [-0.2, 0) is 6.54 Å². The van der Waals surface area contributed by atoms with Crippen molar-refractivity contribution in [2.75, 3.05) is 0 Å². The third-order valence-corrected chi connectivity index (χ3v) is 3.13. The molecule has 0 aliphatic heterocycles. The smallest absolute Gasteiger partial charge is 0.175 e. The van der Waals surface area contributed by atoms with Gasteiger partial charge in [0, 0.05) is 6.54 Å². The van der Waals surface area contributed by atoms with E-state index in [4.69, 9.17) is 0 Å². The van der Waals surface area contributed by atoms with Gasteiger partial charge in [0.05, 0.1) is 15.6 Å².